The molecule has 0 spiro atoms. The van der Waals surface area contributed by atoms with Gasteiger partial charge in [-0.15, -0.1) is 0 Å². The van der Waals surface area contributed by atoms with Crippen molar-refractivity contribution in [2.45, 2.75) is 0 Å². The third-order valence-electron chi connectivity index (χ3n) is 3.48. The molecule has 1 amide bonds. The zero-order chi connectivity index (χ0) is 18.5. The van der Waals surface area contributed by atoms with E-state index in [9.17, 15) is 20.2 Å². The summed E-state index contributed by atoms with van der Waals surface area (Å²) in [5.74, 6) is -0.678. The summed E-state index contributed by atoms with van der Waals surface area (Å²) in [6.07, 6.45) is 2.84. The highest BCUT2D eigenvalue weighted by Crippen LogP contribution is 2.18. The number of aromatic nitrogens is 2. The summed E-state index contributed by atoms with van der Waals surface area (Å²) in [6.45, 7) is 0. The van der Waals surface area contributed by atoms with Gasteiger partial charge in [0.05, 0.1) is 22.3 Å². The number of nitro groups is 1. The van der Waals surface area contributed by atoms with Gasteiger partial charge in [-0.25, -0.2) is 4.98 Å². The van der Waals surface area contributed by atoms with E-state index in [0.29, 0.717) is 5.69 Å². The van der Waals surface area contributed by atoms with E-state index in [0.717, 1.165) is 11.0 Å². The smallest absolute Gasteiger partial charge is 0.271 e. The van der Waals surface area contributed by atoms with Gasteiger partial charge in [0.1, 0.15) is 11.6 Å². The van der Waals surface area contributed by atoms with E-state index in [1.807, 2.05) is 0 Å². The Morgan fingerprint density at radius 3 is 2.88 bits per heavy atom. The fourth-order valence-corrected chi connectivity index (χ4v) is 2.23. The molecule has 0 bridgehead atoms. The second-order valence-electron chi connectivity index (χ2n) is 5.21. The molecule has 3 aromatic rings. The number of H-pyrrole nitrogens is 1. The summed E-state index contributed by atoms with van der Waals surface area (Å²) in [5, 5.41) is 25.3. The second kappa shape index (κ2) is 7.14. The average molecular weight is 348 g/mol. The Hall–Kier alpha value is -4.19. The number of hydrogen-bond donors (Lipinski definition) is 3. The molecule has 3 rings (SSSR count). The van der Waals surface area contributed by atoms with Crippen LogP contribution < -0.4 is 10.6 Å². The zero-order valence-corrected chi connectivity index (χ0v) is 13.3. The van der Waals surface area contributed by atoms with Crippen LogP contribution in [0.5, 0.6) is 0 Å². The van der Waals surface area contributed by atoms with E-state index in [2.05, 4.69) is 20.6 Å². The van der Waals surface area contributed by atoms with E-state index in [4.69, 9.17) is 0 Å². The van der Waals surface area contributed by atoms with Crippen LogP contribution in [-0.2, 0) is 4.79 Å². The largest absolute Gasteiger partial charge is 0.360 e. The van der Waals surface area contributed by atoms with Gasteiger partial charge in [-0.1, -0.05) is 6.07 Å². The number of benzene rings is 2. The molecule has 0 fully saturated rings. The molecule has 0 saturated heterocycles. The van der Waals surface area contributed by atoms with Gasteiger partial charge in [0.25, 0.3) is 11.6 Å². The van der Waals surface area contributed by atoms with Crippen LogP contribution in [0.15, 0.2) is 60.6 Å². The molecule has 3 N–H and O–H groups in total. The Labute approximate surface area is 147 Å². The standard InChI is InChI=1S/C17H12N6O3/c18-8-11(9-19-12-4-5-15-16(7-12)21-10-20-15)17(24)22-13-2-1-3-14(6-13)23(25)26/h1-7,9-10,19H,(H,20,21)(H,22,24)/b11-9-. The van der Waals surface area contributed by atoms with E-state index >= 15 is 0 Å². The minimum Gasteiger partial charge on any atom is -0.360 e. The molecule has 0 radical (unpaired) electrons. The lowest BCUT2D eigenvalue weighted by atomic mass is 10.2. The summed E-state index contributed by atoms with van der Waals surface area (Å²) in [7, 11) is 0. The number of nitrogens with zero attached hydrogens (tertiary/aromatic N) is 3. The number of rotatable bonds is 5. The van der Waals surface area contributed by atoms with Crippen molar-refractivity contribution in [3.05, 3.63) is 70.7 Å². The quantitative estimate of drug-likeness (QED) is 0.280. The number of aromatic amines is 1. The number of nitro benzene ring substituents is 1. The van der Waals surface area contributed by atoms with E-state index in [1.165, 1.54) is 30.5 Å². The summed E-state index contributed by atoms with van der Waals surface area (Å²) < 4.78 is 0. The minimum atomic E-state index is -0.678. The molecule has 0 atom stereocenters. The molecule has 0 saturated carbocycles. The van der Waals surface area contributed by atoms with Crippen LogP contribution in [0.3, 0.4) is 0 Å². The fourth-order valence-electron chi connectivity index (χ4n) is 2.23. The molecule has 1 aromatic heterocycles. The first-order valence-corrected chi connectivity index (χ1v) is 7.42. The lowest BCUT2D eigenvalue weighted by Crippen LogP contribution is -2.14. The van der Waals surface area contributed by atoms with Crippen molar-refractivity contribution in [1.29, 1.82) is 5.26 Å². The van der Waals surface area contributed by atoms with Crippen molar-refractivity contribution in [3.8, 4) is 6.07 Å². The number of hydrogen-bond acceptors (Lipinski definition) is 6. The Morgan fingerprint density at radius 2 is 2.12 bits per heavy atom. The normalized spacial score (nSPS) is 11.0. The summed E-state index contributed by atoms with van der Waals surface area (Å²) >= 11 is 0. The Morgan fingerprint density at radius 1 is 1.27 bits per heavy atom. The Bertz CT molecular complexity index is 1060. The maximum Gasteiger partial charge on any atom is 0.271 e. The predicted molar refractivity (Wildman–Crippen MR) is 95.1 cm³/mol. The number of non-ortho nitro benzene ring substituents is 1. The molecule has 128 valence electrons. The highest BCUT2D eigenvalue weighted by atomic mass is 16.6. The van der Waals surface area contributed by atoms with Crippen molar-refractivity contribution < 1.29 is 9.72 Å². The molecule has 9 heteroatoms. The number of carbonyl (C=O) groups is 1. The number of carbonyl (C=O) groups excluding carboxylic acids is 1. The predicted octanol–water partition coefficient (Wildman–Crippen LogP) is 2.93. The molecular weight excluding hydrogens is 336 g/mol. The monoisotopic (exact) mass is 348 g/mol. The van der Waals surface area contributed by atoms with Crippen molar-refractivity contribution in [3.63, 3.8) is 0 Å². The molecule has 1 heterocycles. The van der Waals surface area contributed by atoms with Gasteiger partial charge in [-0.2, -0.15) is 5.26 Å². The topological polar surface area (TPSA) is 137 Å². The van der Waals surface area contributed by atoms with Crippen molar-refractivity contribution in [2.75, 3.05) is 10.6 Å². The SMILES string of the molecule is N#C/C(=C/Nc1ccc2nc[nH]c2c1)C(=O)Nc1cccc([N+](=O)[O-])c1. The first-order valence-electron chi connectivity index (χ1n) is 7.42. The number of nitrogens with one attached hydrogen (secondary N) is 3. The first kappa shape index (κ1) is 16.7. The van der Waals surface area contributed by atoms with Crippen molar-refractivity contribution in [1.82, 2.24) is 9.97 Å². The van der Waals surface area contributed by atoms with Crippen LogP contribution in [0.25, 0.3) is 11.0 Å². The van der Waals surface area contributed by atoms with E-state index in [-0.39, 0.29) is 16.9 Å². The fraction of sp³-hybridized carbons (Fsp3) is 0. The van der Waals surface area contributed by atoms with Crippen LogP contribution >= 0.6 is 0 Å². The molecule has 9 nitrogen and oxygen atoms in total. The molecule has 2 aromatic carbocycles. The zero-order valence-electron chi connectivity index (χ0n) is 13.3. The summed E-state index contributed by atoms with van der Waals surface area (Å²) in [5.41, 5.74) is 2.16. The maximum absolute atomic E-state index is 12.2. The Balaban J connectivity index is 1.73. The maximum atomic E-state index is 12.2. The third-order valence-corrected chi connectivity index (χ3v) is 3.48. The van der Waals surface area contributed by atoms with Crippen LogP contribution in [0.2, 0.25) is 0 Å². The van der Waals surface area contributed by atoms with Crippen LogP contribution in [0.1, 0.15) is 0 Å². The molecular formula is C17H12N6O3. The van der Waals surface area contributed by atoms with Gasteiger partial charge in [-0.3, -0.25) is 14.9 Å². The van der Waals surface area contributed by atoms with Crippen molar-refractivity contribution in [2.24, 2.45) is 0 Å². The number of imidazole rings is 1. The van der Waals surface area contributed by atoms with Gasteiger partial charge in [-0.05, 0) is 24.3 Å². The van der Waals surface area contributed by atoms with Crippen LogP contribution in [-0.4, -0.2) is 20.8 Å². The lowest BCUT2D eigenvalue weighted by molar-refractivity contribution is -0.384. The highest BCUT2D eigenvalue weighted by Gasteiger charge is 2.12. The van der Waals surface area contributed by atoms with Crippen LogP contribution in [0.4, 0.5) is 17.1 Å². The second-order valence-corrected chi connectivity index (χ2v) is 5.21. The first-order chi connectivity index (χ1) is 12.6. The van der Waals surface area contributed by atoms with Gasteiger partial charge in [0.15, 0.2) is 0 Å². The van der Waals surface area contributed by atoms with Crippen LogP contribution in [0, 0.1) is 21.4 Å². The molecule has 0 unspecified atom stereocenters. The Kier molecular flexibility index (Phi) is 4.58. The van der Waals surface area contributed by atoms with Gasteiger partial charge < -0.3 is 15.6 Å². The van der Waals surface area contributed by atoms with E-state index in [1.54, 1.807) is 30.6 Å². The lowest BCUT2D eigenvalue weighted by Gasteiger charge is -2.05. The summed E-state index contributed by atoms with van der Waals surface area (Å²) in [6, 6.07) is 12.6. The molecule has 26 heavy (non-hydrogen) atoms. The molecule has 0 aliphatic heterocycles. The number of anilines is 2. The van der Waals surface area contributed by atoms with Crippen molar-refractivity contribution >= 4 is 34.0 Å². The van der Waals surface area contributed by atoms with E-state index < -0.39 is 10.8 Å². The minimum absolute atomic E-state index is 0.156. The van der Waals surface area contributed by atoms with Gasteiger partial charge in [0, 0.05) is 29.7 Å². The molecule has 0 aliphatic carbocycles. The number of nitriles is 1. The van der Waals surface area contributed by atoms with Gasteiger partial charge in [0.2, 0.25) is 0 Å². The highest BCUT2D eigenvalue weighted by molar-refractivity contribution is 6.06. The summed E-state index contributed by atoms with van der Waals surface area (Å²) in [4.78, 5) is 29.5. The third kappa shape index (κ3) is 3.65. The van der Waals surface area contributed by atoms with Gasteiger partial charge >= 0.3 is 0 Å². The number of fused-ring (bicyclic) bond motifs is 1. The average Bonchev–Trinajstić information content (AvgIpc) is 3.10. The molecule has 0 aliphatic rings. The number of amides is 1.